The fourth-order valence-electron chi connectivity index (χ4n) is 1.57. The summed E-state index contributed by atoms with van der Waals surface area (Å²) in [7, 11) is 0. The summed E-state index contributed by atoms with van der Waals surface area (Å²) >= 11 is 0. The number of alkyl halides is 3. The van der Waals surface area contributed by atoms with E-state index in [0.29, 0.717) is 0 Å². The molecule has 6 heteroatoms. The first-order chi connectivity index (χ1) is 9.46. The van der Waals surface area contributed by atoms with Crippen molar-refractivity contribution in [3.63, 3.8) is 0 Å². The Bertz CT molecular complexity index is 597. The molecule has 0 spiro atoms. The molecule has 104 valence electrons. The molecule has 0 aromatic heterocycles. The molecule has 0 bridgehead atoms. The van der Waals surface area contributed by atoms with Gasteiger partial charge in [0, 0.05) is 0 Å². The minimum absolute atomic E-state index is 0.186. The van der Waals surface area contributed by atoms with Crippen molar-refractivity contribution in [2.75, 3.05) is 5.32 Å². The van der Waals surface area contributed by atoms with E-state index in [0.717, 1.165) is 6.07 Å². The van der Waals surface area contributed by atoms with E-state index in [2.05, 4.69) is 0 Å². The van der Waals surface area contributed by atoms with Crippen LogP contribution in [-0.2, 0) is 0 Å². The average Bonchev–Trinajstić information content (AvgIpc) is 2.38. The van der Waals surface area contributed by atoms with Gasteiger partial charge < -0.3 is 4.74 Å². The van der Waals surface area contributed by atoms with Crippen LogP contribution in [0.15, 0.2) is 54.6 Å². The molecule has 2 rings (SSSR count). The highest BCUT2D eigenvalue weighted by Gasteiger charge is 2.29. The van der Waals surface area contributed by atoms with Gasteiger partial charge in [-0.1, -0.05) is 30.3 Å². The predicted molar refractivity (Wildman–Crippen MR) is 67.5 cm³/mol. The fraction of sp³-hybridized carbons (Fsp3) is 0.0714. The Morgan fingerprint density at radius 1 is 0.950 bits per heavy atom. The predicted octanol–water partition coefficient (Wildman–Crippen LogP) is 3.84. The van der Waals surface area contributed by atoms with Crippen LogP contribution in [0.5, 0.6) is 5.75 Å². The van der Waals surface area contributed by atoms with Crippen LogP contribution in [0.4, 0.5) is 18.9 Å². The summed E-state index contributed by atoms with van der Waals surface area (Å²) in [5.74, 6) is -0.595. The van der Waals surface area contributed by atoms with Crippen molar-refractivity contribution in [3.8, 4) is 5.75 Å². The molecule has 0 aliphatic heterocycles. The molecule has 0 radical (unpaired) electrons. The number of hydrogen-bond acceptors (Lipinski definition) is 3. The monoisotopic (exact) mass is 281 g/mol. The summed E-state index contributed by atoms with van der Waals surface area (Å²) in [4.78, 5) is 11.9. The van der Waals surface area contributed by atoms with E-state index in [1.807, 2.05) is 0 Å². The summed E-state index contributed by atoms with van der Waals surface area (Å²) in [5.41, 5.74) is -0.533. The molecule has 0 heterocycles. The highest BCUT2D eigenvalue weighted by atomic mass is 19.4. The van der Waals surface area contributed by atoms with E-state index in [-0.39, 0.29) is 17.0 Å². The van der Waals surface area contributed by atoms with Gasteiger partial charge in [-0.25, -0.2) is 4.79 Å². The van der Waals surface area contributed by atoms with Crippen LogP contribution in [0.1, 0.15) is 10.4 Å². The summed E-state index contributed by atoms with van der Waals surface area (Å²) in [6.45, 7) is 0. The summed E-state index contributed by atoms with van der Waals surface area (Å²) in [6, 6.07) is 13.4. The van der Waals surface area contributed by atoms with E-state index >= 15 is 0 Å². The van der Waals surface area contributed by atoms with Crippen molar-refractivity contribution in [1.29, 1.82) is 0 Å². The second kappa shape index (κ2) is 5.64. The van der Waals surface area contributed by atoms with Gasteiger partial charge in [0.15, 0.2) is 0 Å². The van der Waals surface area contributed by atoms with Crippen LogP contribution in [0.3, 0.4) is 0 Å². The Labute approximate surface area is 113 Å². The van der Waals surface area contributed by atoms with Crippen LogP contribution in [0, 0.1) is 0 Å². The average molecular weight is 281 g/mol. The van der Waals surface area contributed by atoms with Crippen LogP contribution in [-0.4, -0.2) is 12.3 Å². The van der Waals surface area contributed by atoms with Gasteiger partial charge in [0.05, 0.1) is 11.3 Å². The Morgan fingerprint density at radius 2 is 1.55 bits per heavy atom. The minimum atomic E-state index is -4.62. The maximum absolute atomic E-state index is 12.3. The summed E-state index contributed by atoms with van der Waals surface area (Å²) in [5, 5.41) is 1.32. The number of halogens is 3. The smallest absolute Gasteiger partial charge is 0.423 e. The Balaban J connectivity index is 2.22. The Morgan fingerprint density at radius 3 is 2.20 bits per heavy atom. The number of carbonyl (C=O) groups excluding carboxylic acids is 1. The first kappa shape index (κ1) is 13.9. The fourth-order valence-corrected chi connectivity index (χ4v) is 1.57. The number of benzene rings is 2. The van der Waals surface area contributed by atoms with Gasteiger partial charge in [-0.3, -0.25) is 5.32 Å². The van der Waals surface area contributed by atoms with Gasteiger partial charge in [-0.05, 0) is 24.3 Å². The standard InChI is InChI=1S/C14H10F3NO2/c15-14(16,17)18-12-9-5-4-8-11(12)13(19)20-10-6-2-1-3-7-10/h1-9,18H. The van der Waals surface area contributed by atoms with Gasteiger partial charge in [-0.15, -0.1) is 0 Å². The maximum Gasteiger partial charge on any atom is 0.482 e. The van der Waals surface area contributed by atoms with E-state index < -0.39 is 12.3 Å². The molecule has 20 heavy (non-hydrogen) atoms. The zero-order chi connectivity index (χ0) is 14.6. The SMILES string of the molecule is O=C(Oc1ccccc1)c1ccccc1NC(F)(F)F. The number of ether oxygens (including phenoxy) is 1. The van der Waals surface area contributed by atoms with E-state index in [4.69, 9.17) is 4.74 Å². The lowest BCUT2D eigenvalue weighted by Crippen LogP contribution is -2.23. The van der Waals surface area contributed by atoms with Gasteiger partial charge in [0.2, 0.25) is 0 Å². The molecule has 0 amide bonds. The first-order valence-electron chi connectivity index (χ1n) is 5.67. The minimum Gasteiger partial charge on any atom is -0.423 e. The number of carbonyl (C=O) groups is 1. The lowest BCUT2D eigenvalue weighted by atomic mass is 10.2. The van der Waals surface area contributed by atoms with Crippen LogP contribution in [0.25, 0.3) is 0 Å². The Hall–Kier alpha value is -2.50. The van der Waals surface area contributed by atoms with E-state index in [9.17, 15) is 18.0 Å². The molecule has 0 unspecified atom stereocenters. The number of esters is 1. The van der Waals surface area contributed by atoms with Crippen molar-refractivity contribution in [2.45, 2.75) is 6.30 Å². The molecule has 0 fully saturated rings. The van der Waals surface area contributed by atoms with E-state index in [1.54, 1.807) is 18.2 Å². The van der Waals surface area contributed by atoms with Crippen LogP contribution < -0.4 is 10.1 Å². The topological polar surface area (TPSA) is 38.3 Å². The number of rotatable bonds is 3. The second-order valence-electron chi connectivity index (χ2n) is 3.87. The number of nitrogens with one attached hydrogen (secondary N) is 1. The first-order valence-corrected chi connectivity index (χ1v) is 5.67. The molecule has 1 N–H and O–H groups in total. The highest BCUT2D eigenvalue weighted by Crippen LogP contribution is 2.24. The molecular weight excluding hydrogens is 271 g/mol. The van der Waals surface area contributed by atoms with Gasteiger partial charge in [-0.2, -0.15) is 13.2 Å². The zero-order valence-electron chi connectivity index (χ0n) is 10.1. The molecule has 0 aliphatic carbocycles. The number of para-hydroxylation sites is 2. The van der Waals surface area contributed by atoms with Gasteiger partial charge >= 0.3 is 12.3 Å². The summed E-state index contributed by atoms with van der Waals surface area (Å²) < 4.78 is 42.1. The Kier molecular flexibility index (Phi) is 3.93. The van der Waals surface area contributed by atoms with Crippen molar-refractivity contribution >= 4 is 11.7 Å². The van der Waals surface area contributed by atoms with Gasteiger partial charge in [0.25, 0.3) is 0 Å². The number of anilines is 1. The van der Waals surface area contributed by atoms with Crippen molar-refractivity contribution in [2.24, 2.45) is 0 Å². The lowest BCUT2D eigenvalue weighted by Gasteiger charge is -2.13. The van der Waals surface area contributed by atoms with Crippen molar-refractivity contribution < 1.29 is 22.7 Å². The molecule has 0 saturated heterocycles. The quantitative estimate of drug-likeness (QED) is 0.528. The molecule has 2 aromatic rings. The third-order valence-corrected chi connectivity index (χ3v) is 2.38. The molecule has 0 atom stereocenters. The molecule has 0 saturated carbocycles. The largest absolute Gasteiger partial charge is 0.482 e. The lowest BCUT2D eigenvalue weighted by molar-refractivity contribution is -0.0999. The zero-order valence-corrected chi connectivity index (χ0v) is 10.1. The third-order valence-electron chi connectivity index (χ3n) is 2.38. The van der Waals surface area contributed by atoms with Gasteiger partial charge in [0.1, 0.15) is 5.75 Å². The maximum atomic E-state index is 12.3. The van der Waals surface area contributed by atoms with Crippen molar-refractivity contribution in [3.05, 3.63) is 60.2 Å². The van der Waals surface area contributed by atoms with Crippen LogP contribution >= 0.6 is 0 Å². The second-order valence-corrected chi connectivity index (χ2v) is 3.87. The molecule has 2 aromatic carbocycles. The molecule has 3 nitrogen and oxygen atoms in total. The third kappa shape index (κ3) is 3.74. The van der Waals surface area contributed by atoms with E-state index in [1.165, 1.54) is 35.6 Å². The molecule has 0 aliphatic rings. The number of hydrogen-bond donors (Lipinski definition) is 1. The van der Waals surface area contributed by atoms with Crippen LogP contribution in [0.2, 0.25) is 0 Å². The molecular formula is C14H10F3NO2. The normalized spacial score (nSPS) is 10.9. The van der Waals surface area contributed by atoms with Crippen molar-refractivity contribution in [1.82, 2.24) is 0 Å². The highest BCUT2D eigenvalue weighted by molar-refractivity contribution is 5.96. The summed E-state index contributed by atoms with van der Waals surface area (Å²) in [6.07, 6.45) is -4.62.